The summed E-state index contributed by atoms with van der Waals surface area (Å²) in [6.45, 7) is 0. The number of methoxy groups -OCH3 is 2. The highest BCUT2D eigenvalue weighted by molar-refractivity contribution is 6.36. The third-order valence-corrected chi connectivity index (χ3v) is 4.29. The number of pyridine rings is 1. The van der Waals surface area contributed by atoms with Gasteiger partial charge >= 0.3 is 0 Å². The van der Waals surface area contributed by atoms with Crippen molar-refractivity contribution >= 4 is 35.6 Å². The van der Waals surface area contributed by atoms with Crippen molar-refractivity contribution in [2.45, 2.75) is 12.5 Å². The SMILES string of the molecule is COc1cc(OC)c(F)c(C(N)Cc2cnc(Cl)c(C#N)c2Cl)c1F.Cl. The van der Waals surface area contributed by atoms with Gasteiger partial charge in [-0.05, 0) is 12.0 Å². The molecule has 1 atom stereocenters. The first kappa shape index (κ1) is 22.2. The number of aromatic nitrogens is 1. The minimum absolute atomic E-state index is 0. The van der Waals surface area contributed by atoms with Crippen molar-refractivity contribution < 1.29 is 18.3 Å². The van der Waals surface area contributed by atoms with Gasteiger partial charge in [-0.2, -0.15) is 5.26 Å². The van der Waals surface area contributed by atoms with Gasteiger partial charge in [0.1, 0.15) is 16.8 Å². The van der Waals surface area contributed by atoms with Crippen LogP contribution in [0.15, 0.2) is 12.3 Å². The number of ether oxygens (including phenoxy) is 2. The highest BCUT2D eigenvalue weighted by Crippen LogP contribution is 2.36. The highest BCUT2D eigenvalue weighted by Gasteiger charge is 2.26. The Bertz CT molecular complexity index is 832. The average molecular weight is 425 g/mol. The van der Waals surface area contributed by atoms with Crippen LogP contribution in [-0.2, 0) is 6.42 Å². The highest BCUT2D eigenvalue weighted by atomic mass is 35.5. The molecule has 1 aromatic heterocycles. The predicted octanol–water partition coefficient (Wildman–Crippen LogP) is 4.22. The van der Waals surface area contributed by atoms with Crippen LogP contribution in [0.3, 0.4) is 0 Å². The maximum Gasteiger partial charge on any atom is 0.173 e. The second-order valence-corrected chi connectivity index (χ2v) is 5.74. The Labute approximate surface area is 165 Å². The number of halogens is 5. The van der Waals surface area contributed by atoms with Crippen LogP contribution in [0.4, 0.5) is 8.78 Å². The lowest BCUT2D eigenvalue weighted by Gasteiger charge is -2.18. The third kappa shape index (κ3) is 4.10. The van der Waals surface area contributed by atoms with Gasteiger partial charge < -0.3 is 15.2 Å². The summed E-state index contributed by atoms with van der Waals surface area (Å²) in [7, 11) is 2.48. The van der Waals surface area contributed by atoms with E-state index in [0.29, 0.717) is 5.56 Å². The maximum absolute atomic E-state index is 14.5. The van der Waals surface area contributed by atoms with Crippen LogP contribution >= 0.6 is 35.6 Å². The topological polar surface area (TPSA) is 81.2 Å². The molecule has 10 heteroatoms. The lowest BCUT2D eigenvalue weighted by molar-refractivity contribution is 0.350. The molecule has 1 heterocycles. The molecule has 0 spiro atoms. The van der Waals surface area contributed by atoms with Crippen molar-refractivity contribution in [2.24, 2.45) is 5.73 Å². The largest absolute Gasteiger partial charge is 0.494 e. The summed E-state index contributed by atoms with van der Waals surface area (Å²) in [6.07, 6.45) is 1.22. The molecule has 0 fully saturated rings. The number of nitrogens with two attached hydrogens (primary N) is 1. The Hall–Kier alpha value is -1.85. The molecule has 5 nitrogen and oxygen atoms in total. The van der Waals surface area contributed by atoms with E-state index < -0.39 is 23.2 Å². The number of nitrogens with zero attached hydrogens (tertiary/aromatic N) is 2. The second kappa shape index (κ2) is 9.19. The number of hydrogen-bond donors (Lipinski definition) is 1. The lowest BCUT2D eigenvalue weighted by atomic mass is 9.98. The summed E-state index contributed by atoms with van der Waals surface area (Å²) in [5, 5.41) is 9.03. The van der Waals surface area contributed by atoms with Crippen LogP contribution < -0.4 is 15.2 Å². The van der Waals surface area contributed by atoms with Gasteiger partial charge in [0.25, 0.3) is 0 Å². The van der Waals surface area contributed by atoms with Crippen molar-refractivity contribution in [1.82, 2.24) is 4.98 Å². The van der Waals surface area contributed by atoms with Crippen molar-refractivity contribution in [1.29, 1.82) is 5.26 Å². The summed E-state index contributed by atoms with van der Waals surface area (Å²) < 4.78 is 38.7. The smallest absolute Gasteiger partial charge is 0.173 e. The van der Waals surface area contributed by atoms with E-state index in [0.717, 1.165) is 6.07 Å². The van der Waals surface area contributed by atoms with Gasteiger partial charge in [0.2, 0.25) is 0 Å². The van der Waals surface area contributed by atoms with Crippen molar-refractivity contribution in [3.05, 3.63) is 50.8 Å². The Morgan fingerprint density at radius 1 is 1.23 bits per heavy atom. The molecular weight excluding hydrogens is 411 g/mol. The first-order valence-electron chi connectivity index (χ1n) is 6.94. The first-order valence-corrected chi connectivity index (χ1v) is 7.69. The van der Waals surface area contributed by atoms with Gasteiger partial charge in [0.05, 0.1) is 19.2 Å². The summed E-state index contributed by atoms with van der Waals surface area (Å²) in [6, 6.07) is 1.78. The minimum Gasteiger partial charge on any atom is -0.494 e. The zero-order valence-electron chi connectivity index (χ0n) is 13.6. The monoisotopic (exact) mass is 423 g/mol. The molecular formula is C16H14Cl3F2N3O2. The summed E-state index contributed by atoms with van der Waals surface area (Å²) in [5.41, 5.74) is 5.86. The molecule has 1 unspecified atom stereocenters. The zero-order valence-corrected chi connectivity index (χ0v) is 16.0. The predicted molar refractivity (Wildman–Crippen MR) is 96.3 cm³/mol. The van der Waals surface area contributed by atoms with Gasteiger partial charge in [-0.25, -0.2) is 13.8 Å². The van der Waals surface area contributed by atoms with E-state index in [1.165, 1.54) is 20.4 Å². The van der Waals surface area contributed by atoms with E-state index in [2.05, 4.69) is 4.98 Å². The van der Waals surface area contributed by atoms with Crippen molar-refractivity contribution in [3.8, 4) is 17.6 Å². The molecule has 0 amide bonds. The molecule has 2 N–H and O–H groups in total. The molecule has 0 saturated carbocycles. The van der Waals surface area contributed by atoms with Crippen molar-refractivity contribution in [2.75, 3.05) is 14.2 Å². The quantitative estimate of drug-likeness (QED) is 0.727. The van der Waals surface area contributed by atoms with Gasteiger partial charge in [-0.1, -0.05) is 23.2 Å². The van der Waals surface area contributed by atoms with Crippen LogP contribution in [0, 0.1) is 23.0 Å². The van der Waals surface area contributed by atoms with Crippen LogP contribution in [-0.4, -0.2) is 19.2 Å². The maximum atomic E-state index is 14.5. The molecule has 0 aliphatic rings. The summed E-state index contributed by atoms with van der Waals surface area (Å²) in [4.78, 5) is 3.84. The summed E-state index contributed by atoms with van der Waals surface area (Å²) in [5.74, 6) is -2.29. The molecule has 0 radical (unpaired) electrons. The van der Waals surface area contributed by atoms with E-state index in [4.69, 9.17) is 43.7 Å². The number of benzene rings is 1. The molecule has 140 valence electrons. The lowest BCUT2D eigenvalue weighted by Crippen LogP contribution is -2.18. The Morgan fingerprint density at radius 2 is 1.77 bits per heavy atom. The first-order chi connectivity index (χ1) is 11.8. The summed E-state index contributed by atoms with van der Waals surface area (Å²) >= 11 is 11.9. The third-order valence-electron chi connectivity index (χ3n) is 3.57. The molecule has 2 aromatic rings. The average Bonchev–Trinajstić information content (AvgIpc) is 2.58. The van der Waals surface area contributed by atoms with E-state index in [1.807, 2.05) is 6.07 Å². The van der Waals surface area contributed by atoms with Gasteiger partial charge in [0.15, 0.2) is 23.1 Å². The number of nitriles is 1. The fourth-order valence-electron chi connectivity index (χ4n) is 2.31. The second-order valence-electron chi connectivity index (χ2n) is 5.01. The van der Waals surface area contributed by atoms with E-state index in [-0.39, 0.29) is 46.1 Å². The normalized spacial score (nSPS) is 11.3. The molecule has 0 aliphatic heterocycles. The van der Waals surface area contributed by atoms with Gasteiger partial charge in [0, 0.05) is 23.9 Å². The molecule has 26 heavy (non-hydrogen) atoms. The van der Waals surface area contributed by atoms with E-state index in [1.54, 1.807) is 0 Å². The van der Waals surface area contributed by atoms with Crippen LogP contribution in [0.2, 0.25) is 10.2 Å². The minimum atomic E-state index is -1.13. The molecule has 2 rings (SSSR count). The zero-order chi connectivity index (χ0) is 18.7. The van der Waals surface area contributed by atoms with Crippen molar-refractivity contribution in [3.63, 3.8) is 0 Å². The Kier molecular flexibility index (Phi) is 7.85. The Balaban J connectivity index is 0.00000338. The van der Waals surface area contributed by atoms with E-state index in [9.17, 15) is 8.78 Å². The number of rotatable bonds is 5. The Morgan fingerprint density at radius 3 is 2.23 bits per heavy atom. The van der Waals surface area contributed by atoms with Gasteiger partial charge in [-0.15, -0.1) is 12.4 Å². The van der Waals surface area contributed by atoms with Crippen LogP contribution in [0.25, 0.3) is 0 Å². The van der Waals surface area contributed by atoms with Gasteiger partial charge in [-0.3, -0.25) is 0 Å². The standard InChI is InChI=1S/C16H13Cl2F2N3O2.ClH/c1-24-10-4-11(25-2)15(20)12(14(10)19)9(22)3-7-6-23-16(18)8(5-21)13(7)17;/h4,6,9H,3,22H2,1-2H3;1H. The molecule has 0 aliphatic carbocycles. The van der Waals surface area contributed by atoms with Crippen LogP contribution in [0.1, 0.15) is 22.7 Å². The fourth-order valence-corrected chi connectivity index (χ4v) is 2.81. The molecule has 0 saturated heterocycles. The fraction of sp³-hybridized carbons (Fsp3) is 0.250. The molecule has 0 bridgehead atoms. The molecule has 1 aromatic carbocycles. The number of hydrogen-bond acceptors (Lipinski definition) is 5. The van der Waals surface area contributed by atoms with E-state index >= 15 is 0 Å². The van der Waals surface area contributed by atoms with Crippen LogP contribution in [0.5, 0.6) is 11.5 Å².